The van der Waals surface area contributed by atoms with Crippen molar-refractivity contribution >= 4 is 17.5 Å². The number of aryl methyl sites for hydroxylation is 1. The van der Waals surface area contributed by atoms with Crippen LogP contribution in [0, 0.1) is 18.8 Å². The number of para-hydroxylation sites is 1. The van der Waals surface area contributed by atoms with Crippen LogP contribution in [0.2, 0.25) is 0 Å². The van der Waals surface area contributed by atoms with Gasteiger partial charge in [-0.15, -0.1) is 0 Å². The van der Waals surface area contributed by atoms with Gasteiger partial charge in [0.2, 0.25) is 11.8 Å². The standard InChI is InChI=1S/C17H17NO4/c1-10-5-3-4-6-11(10)18-14(20)12-13(15(18)21)17(9-19)8-7-16(12,2)22-17/h3-8,12-13,19H,9H2,1-2H3/t12-,13-,16+,17-/m0/s1. The highest BCUT2D eigenvalue weighted by molar-refractivity contribution is 6.23. The third-order valence-corrected chi connectivity index (χ3v) is 5.16. The zero-order chi connectivity index (χ0) is 15.7. The summed E-state index contributed by atoms with van der Waals surface area (Å²) >= 11 is 0. The van der Waals surface area contributed by atoms with Gasteiger partial charge in [-0.2, -0.15) is 0 Å². The molecule has 3 aliphatic heterocycles. The molecule has 3 heterocycles. The second kappa shape index (κ2) is 4.06. The first-order valence-electron chi connectivity index (χ1n) is 7.38. The van der Waals surface area contributed by atoms with Crippen LogP contribution in [0.1, 0.15) is 12.5 Å². The average Bonchev–Trinajstić information content (AvgIpc) is 3.07. The Kier molecular flexibility index (Phi) is 2.52. The SMILES string of the molecule is Cc1ccccc1N1C(=O)[C@@H]2[C@@H](C1=O)[C@@]1(CO)C=C[C@@]2(C)O1. The predicted octanol–water partition coefficient (Wildman–Crippen LogP) is 1.19. The van der Waals surface area contributed by atoms with Crippen LogP contribution in [0.15, 0.2) is 36.4 Å². The van der Waals surface area contributed by atoms with Gasteiger partial charge in [0.1, 0.15) is 5.60 Å². The zero-order valence-corrected chi connectivity index (χ0v) is 12.4. The molecule has 0 spiro atoms. The minimum Gasteiger partial charge on any atom is -0.393 e. The molecule has 3 aliphatic rings. The Labute approximate surface area is 128 Å². The molecule has 0 unspecified atom stereocenters. The lowest BCUT2D eigenvalue weighted by Gasteiger charge is -2.27. The minimum atomic E-state index is -1.07. The molecule has 4 atom stereocenters. The Bertz CT molecular complexity index is 727. The van der Waals surface area contributed by atoms with Crippen molar-refractivity contribution in [2.45, 2.75) is 25.0 Å². The molecule has 5 heteroatoms. The van der Waals surface area contributed by atoms with Crippen LogP contribution in [0.25, 0.3) is 0 Å². The number of nitrogens with zero attached hydrogens (tertiary/aromatic N) is 1. The van der Waals surface area contributed by atoms with Crippen molar-refractivity contribution in [2.75, 3.05) is 11.5 Å². The maximum absolute atomic E-state index is 12.9. The summed E-state index contributed by atoms with van der Waals surface area (Å²) in [7, 11) is 0. The van der Waals surface area contributed by atoms with Crippen molar-refractivity contribution < 1.29 is 19.4 Å². The van der Waals surface area contributed by atoms with Gasteiger partial charge < -0.3 is 9.84 Å². The van der Waals surface area contributed by atoms with E-state index in [0.717, 1.165) is 5.56 Å². The van der Waals surface area contributed by atoms with Gasteiger partial charge in [0.15, 0.2) is 0 Å². The van der Waals surface area contributed by atoms with E-state index in [9.17, 15) is 14.7 Å². The Hall–Kier alpha value is -1.98. The fourth-order valence-corrected chi connectivity index (χ4v) is 4.09. The largest absolute Gasteiger partial charge is 0.393 e. The molecule has 2 amide bonds. The quantitative estimate of drug-likeness (QED) is 0.658. The molecule has 1 N–H and O–H groups in total. The molecular formula is C17H17NO4. The number of hydrogen-bond donors (Lipinski definition) is 1. The highest BCUT2D eigenvalue weighted by Gasteiger charge is 2.72. The van der Waals surface area contributed by atoms with Crippen molar-refractivity contribution in [1.29, 1.82) is 0 Å². The number of imide groups is 1. The van der Waals surface area contributed by atoms with E-state index >= 15 is 0 Å². The molecular weight excluding hydrogens is 282 g/mol. The summed E-state index contributed by atoms with van der Waals surface area (Å²) in [6, 6.07) is 7.33. The van der Waals surface area contributed by atoms with E-state index < -0.39 is 23.0 Å². The maximum atomic E-state index is 12.9. The molecule has 1 aromatic rings. The van der Waals surface area contributed by atoms with Gasteiger partial charge >= 0.3 is 0 Å². The molecule has 4 rings (SSSR count). The van der Waals surface area contributed by atoms with Crippen LogP contribution in [0.4, 0.5) is 5.69 Å². The van der Waals surface area contributed by atoms with Crippen molar-refractivity contribution in [1.82, 2.24) is 0 Å². The van der Waals surface area contributed by atoms with Gasteiger partial charge in [-0.25, -0.2) is 4.90 Å². The van der Waals surface area contributed by atoms with Crippen LogP contribution in [-0.4, -0.2) is 34.7 Å². The molecule has 0 aliphatic carbocycles. The molecule has 0 aromatic heterocycles. The zero-order valence-electron chi connectivity index (χ0n) is 12.4. The second-order valence-corrected chi connectivity index (χ2v) is 6.49. The molecule has 1 aromatic carbocycles. The molecule has 2 fully saturated rings. The van der Waals surface area contributed by atoms with E-state index in [-0.39, 0.29) is 18.4 Å². The molecule has 0 saturated carbocycles. The fourth-order valence-electron chi connectivity index (χ4n) is 4.09. The van der Waals surface area contributed by atoms with Crippen molar-refractivity contribution in [3.05, 3.63) is 42.0 Å². The van der Waals surface area contributed by atoms with Crippen molar-refractivity contribution in [3.63, 3.8) is 0 Å². The summed E-state index contributed by atoms with van der Waals surface area (Å²) in [6.07, 6.45) is 3.54. The van der Waals surface area contributed by atoms with Gasteiger partial charge in [-0.1, -0.05) is 30.4 Å². The number of amides is 2. The number of benzene rings is 1. The summed E-state index contributed by atoms with van der Waals surface area (Å²) in [5.41, 5.74) is -0.405. The normalized spacial score (nSPS) is 39.0. The third kappa shape index (κ3) is 1.40. The fraction of sp³-hybridized carbons (Fsp3) is 0.412. The van der Waals surface area contributed by atoms with Gasteiger partial charge in [-0.3, -0.25) is 9.59 Å². The van der Waals surface area contributed by atoms with Crippen LogP contribution in [-0.2, 0) is 14.3 Å². The molecule has 5 nitrogen and oxygen atoms in total. The monoisotopic (exact) mass is 299 g/mol. The number of aliphatic hydroxyl groups excluding tert-OH is 1. The lowest BCUT2D eigenvalue weighted by atomic mass is 9.73. The first-order chi connectivity index (χ1) is 10.4. The second-order valence-electron chi connectivity index (χ2n) is 6.49. The van der Waals surface area contributed by atoms with Crippen molar-refractivity contribution in [3.8, 4) is 0 Å². The highest BCUT2D eigenvalue weighted by Crippen LogP contribution is 2.57. The summed E-state index contributed by atoms with van der Waals surface area (Å²) in [5.74, 6) is -1.76. The van der Waals surface area contributed by atoms with Gasteiger partial charge in [0, 0.05) is 0 Å². The third-order valence-electron chi connectivity index (χ3n) is 5.16. The Balaban J connectivity index is 1.84. The van der Waals surface area contributed by atoms with E-state index in [1.165, 1.54) is 4.90 Å². The van der Waals surface area contributed by atoms with Gasteiger partial charge in [0.05, 0.1) is 29.7 Å². The minimum absolute atomic E-state index is 0.244. The Morgan fingerprint density at radius 3 is 2.55 bits per heavy atom. The summed E-state index contributed by atoms with van der Waals surface area (Å²) < 4.78 is 5.89. The van der Waals surface area contributed by atoms with Crippen LogP contribution < -0.4 is 4.90 Å². The van der Waals surface area contributed by atoms with Crippen molar-refractivity contribution in [2.24, 2.45) is 11.8 Å². The van der Waals surface area contributed by atoms with Gasteiger partial charge in [0.25, 0.3) is 0 Å². The summed E-state index contributed by atoms with van der Waals surface area (Å²) in [4.78, 5) is 27.1. The van der Waals surface area contributed by atoms with Crippen LogP contribution >= 0.6 is 0 Å². The molecule has 114 valence electrons. The molecule has 0 radical (unpaired) electrons. The number of anilines is 1. The Morgan fingerprint density at radius 2 is 1.86 bits per heavy atom. The average molecular weight is 299 g/mol. The molecule has 2 saturated heterocycles. The maximum Gasteiger partial charge on any atom is 0.241 e. The molecule has 2 bridgehead atoms. The van der Waals surface area contributed by atoms with E-state index in [4.69, 9.17) is 4.74 Å². The first-order valence-corrected chi connectivity index (χ1v) is 7.38. The van der Waals surface area contributed by atoms with E-state index in [1.807, 2.05) is 25.1 Å². The van der Waals surface area contributed by atoms with E-state index in [2.05, 4.69) is 0 Å². The molecule has 22 heavy (non-hydrogen) atoms. The van der Waals surface area contributed by atoms with Crippen LogP contribution in [0.5, 0.6) is 0 Å². The van der Waals surface area contributed by atoms with Gasteiger partial charge in [-0.05, 0) is 25.5 Å². The van der Waals surface area contributed by atoms with E-state index in [1.54, 1.807) is 25.1 Å². The first kappa shape index (κ1) is 13.7. The number of hydrogen-bond acceptors (Lipinski definition) is 4. The number of ether oxygens (including phenoxy) is 1. The van der Waals surface area contributed by atoms with Crippen LogP contribution in [0.3, 0.4) is 0 Å². The lowest BCUT2D eigenvalue weighted by Crippen LogP contribution is -2.43. The number of carbonyl (C=O) groups is 2. The predicted molar refractivity (Wildman–Crippen MR) is 79.1 cm³/mol. The number of rotatable bonds is 2. The number of carbonyl (C=O) groups excluding carboxylic acids is 2. The van der Waals surface area contributed by atoms with E-state index in [0.29, 0.717) is 5.69 Å². The Morgan fingerprint density at radius 1 is 1.18 bits per heavy atom. The smallest absolute Gasteiger partial charge is 0.241 e. The number of fused-ring (bicyclic) bond motifs is 5. The topological polar surface area (TPSA) is 66.8 Å². The lowest BCUT2D eigenvalue weighted by molar-refractivity contribution is -0.131. The summed E-state index contributed by atoms with van der Waals surface area (Å²) in [5, 5.41) is 9.76. The number of aliphatic hydroxyl groups is 1. The summed E-state index contributed by atoms with van der Waals surface area (Å²) in [6.45, 7) is 3.37. The highest BCUT2D eigenvalue weighted by atomic mass is 16.5.